The van der Waals surface area contributed by atoms with Gasteiger partial charge in [0.1, 0.15) is 34.3 Å². The molecule has 2 unspecified atom stereocenters. The summed E-state index contributed by atoms with van der Waals surface area (Å²) in [6, 6.07) is 28.8. The van der Waals surface area contributed by atoms with E-state index in [1.54, 1.807) is 59.3 Å². The highest BCUT2D eigenvalue weighted by Crippen LogP contribution is 2.44. The lowest BCUT2D eigenvalue weighted by Crippen LogP contribution is -2.41. The molecule has 0 radical (unpaired) electrons. The summed E-state index contributed by atoms with van der Waals surface area (Å²) in [4.78, 5) is 62.4. The van der Waals surface area contributed by atoms with Crippen LogP contribution in [0.1, 0.15) is 102 Å². The summed E-state index contributed by atoms with van der Waals surface area (Å²) < 4.78 is 105. The topological polar surface area (TPSA) is 262 Å². The lowest BCUT2D eigenvalue weighted by molar-refractivity contribution is 0.00578. The maximum Gasteiger partial charge on any atom is 0.497 e. The SMILES string of the molecule is CNC(=O)c1c(-c2ccc(F)cc2)oc2cc(N(C)S(C)(=O)=O)c(-c3cnc4c(c3)C(=O)NC(c3cccs3)C4)cc12.CNC(=O)c1c(-c2ccc(F)cc2)oc2cc(N(C)S(C)(=O)=O)c(B3OC(C)(C)C(C)(C)O3)cc12.O=C1NC(c2cccs2)Cc2ncc(Br)cc21. The van der Waals surface area contributed by atoms with E-state index in [2.05, 4.69) is 47.2 Å². The molecule has 1 saturated heterocycles. The molecule has 4 N–H and O–H groups in total. The average Bonchev–Trinajstić information content (AvgIpc) is 1.55. The quantitative estimate of drug-likeness (QED) is 0.0830. The Morgan fingerprint density at radius 3 is 1.50 bits per heavy atom. The summed E-state index contributed by atoms with van der Waals surface area (Å²) in [5, 5.41) is 16.1. The van der Waals surface area contributed by atoms with E-state index >= 15 is 0 Å². The van der Waals surface area contributed by atoms with E-state index in [4.69, 9.17) is 18.1 Å². The number of aromatic nitrogens is 2. The lowest BCUT2D eigenvalue weighted by atomic mass is 9.77. The molecule has 94 heavy (non-hydrogen) atoms. The van der Waals surface area contributed by atoms with Crippen molar-refractivity contribution in [3.05, 3.63) is 192 Å². The van der Waals surface area contributed by atoms with E-state index in [1.807, 2.05) is 68.8 Å². The Morgan fingerprint density at radius 2 is 1.05 bits per heavy atom. The molecule has 2 atom stereocenters. The average molecular weight is 1420 g/mol. The highest BCUT2D eigenvalue weighted by Gasteiger charge is 2.53. The van der Waals surface area contributed by atoms with Gasteiger partial charge in [-0.15, -0.1) is 22.7 Å². The largest absolute Gasteiger partial charge is 0.497 e. The molecule has 13 rings (SSSR count). The Kier molecular flexibility index (Phi) is 18.4. The van der Waals surface area contributed by atoms with Gasteiger partial charge in [-0.3, -0.25) is 37.8 Å². The van der Waals surface area contributed by atoms with Gasteiger partial charge in [-0.25, -0.2) is 25.6 Å². The van der Waals surface area contributed by atoms with Crippen molar-refractivity contribution in [2.75, 3.05) is 49.3 Å². The minimum absolute atomic E-state index is 0.0431. The second-order valence-corrected chi connectivity index (χ2v) is 30.4. The van der Waals surface area contributed by atoms with Crippen LogP contribution in [0, 0.1) is 11.6 Å². The zero-order chi connectivity index (χ0) is 67.5. The first-order valence-electron chi connectivity index (χ1n) is 29.2. The molecule has 20 nitrogen and oxygen atoms in total. The molecule has 6 aromatic heterocycles. The molecule has 4 aromatic carbocycles. The number of amides is 4. The van der Waals surface area contributed by atoms with Crippen molar-refractivity contribution in [3.8, 4) is 33.8 Å². The number of benzene rings is 4. The Bertz CT molecular complexity index is 4840. The lowest BCUT2D eigenvalue weighted by Gasteiger charge is -2.32. The first kappa shape index (κ1) is 66.8. The Labute approximate surface area is 557 Å². The third-order valence-electron chi connectivity index (χ3n) is 16.8. The van der Waals surface area contributed by atoms with Crippen molar-refractivity contribution < 1.29 is 62.9 Å². The standard InChI is InChI=1S/C30H25FN4O5S2.C24H28BFN2O6S.C12H9BrN2OS/c1-32-30(37)27-21-12-19(17-11-20-22(33-15-17)13-23(34-29(20)36)26-5-4-10-41-26)24(35(2)42(3,38)39)14-25(21)40-28(27)16-6-8-18(31)9-7-16;1-23(2)24(3,4)34-25(33-23)17-12-16-19(13-18(17)28(6)35(7,30)31)32-21(20(16)22(29)27-5)14-8-10-15(26)11-9-14;13-7-4-8-9(14-6-7)5-10(15-12(8)16)11-2-1-3-17-11/h4-12,14-15,23H,13H2,1-3H3,(H,32,37)(H,34,36);8-13H,1-7H3,(H,27,29);1-4,6,10H,5H2,(H,15,16). The van der Waals surface area contributed by atoms with Crippen LogP contribution >= 0.6 is 38.6 Å². The van der Waals surface area contributed by atoms with Crippen LogP contribution in [0.2, 0.25) is 0 Å². The Morgan fingerprint density at radius 1 is 0.617 bits per heavy atom. The van der Waals surface area contributed by atoms with Crippen molar-refractivity contribution in [1.29, 1.82) is 0 Å². The zero-order valence-corrected chi connectivity index (χ0v) is 57.2. The van der Waals surface area contributed by atoms with Crippen LogP contribution < -0.4 is 35.3 Å². The van der Waals surface area contributed by atoms with Crippen molar-refractivity contribution >= 4 is 128 Å². The number of nitrogens with one attached hydrogen (secondary N) is 4. The van der Waals surface area contributed by atoms with Gasteiger partial charge in [0, 0.05) is 118 Å². The number of pyridine rings is 2. The number of hydrogen-bond acceptors (Lipinski definition) is 16. The molecule has 28 heteroatoms. The van der Waals surface area contributed by atoms with E-state index in [-0.39, 0.29) is 63.4 Å². The molecule has 0 bridgehead atoms. The number of sulfonamides is 2. The van der Waals surface area contributed by atoms with Gasteiger partial charge in [0.05, 0.1) is 80.8 Å². The van der Waals surface area contributed by atoms with Crippen LogP contribution in [0.15, 0.2) is 146 Å². The fourth-order valence-corrected chi connectivity index (χ4v) is 13.9. The number of hydrogen-bond donors (Lipinski definition) is 4. The second-order valence-electron chi connectivity index (χ2n) is 23.5. The van der Waals surface area contributed by atoms with Crippen LogP contribution in [0.5, 0.6) is 0 Å². The molecule has 1 fully saturated rings. The fraction of sp³-hybridized carbons (Fsp3) is 0.242. The van der Waals surface area contributed by atoms with Crippen molar-refractivity contribution in [2.45, 2.75) is 63.8 Å². The van der Waals surface area contributed by atoms with Gasteiger partial charge in [0.2, 0.25) is 20.0 Å². The van der Waals surface area contributed by atoms with Crippen LogP contribution in [-0.4, -0.2) is 109 Å². The van der Waals surface area contributed by atoms with Crippen molar-refractivity contribution in [3.63, 3.8) is 0 Å². The Balaban J connectivity index is 0.000000156. The minimum Gasteiger partial charge on any atom is -0.455 e. The minimum atomic E-state index is -3.72. The first-order valence-corrected chi connectivity index (χ1v) is 35.4. The van der Waals surface area contributed by atoms with Gasteiger partial charge in [0.15, 0.2) is 0 Å². The maximum absolute atomic E-state index is 13.7. The number of halogens is 3. The summed E-state index contributed by atoms with van der Waals surface area (Å²) >= 11 is 6.54. The first-order chi connectivity index (χ1) is 44.4. The van der Waals surface area contributed by atoms with Crippen molar-refractivity contribution in [1.82, 2.24) is 31.2 Å². The molecule has 3 aliphatic rings. The number of nitrogens with zero attached hydrogens (tertiary/aromatic N) is 4. The molecule has 4 amide bonds. The predicted molar refractivity (Wildman–Crippen MR) is 364 cm³/mol. The summed E-state index contributed by atoms with van der Waals surface area (Å²) in [5.74, 6) is -1.60. The van der Waals surface area contributed by atoms with Crippen molar-refractivity contribution in [2.24, 2.45) is 0 Å². The normalized spacial score (nSPS) is 16.4. The summed E-state index contributed by atoms with van der Waals surface area (Å²) in [6.45, 7) is 7.58. The van der Waals surface area contributed by atoms with Gasteiger partial charge in [-0.1, -0.05) is 12.1 Å². The fourth-order valence-electron chi connectivity index (χ4n) is 11.0. The van der Waals surface area contributed by atoms with Gasteiger partial charge in [-0.2, -0.15) is 0 Å². The van der Waals surface area contributed by atoms with E-state index in [0.29, 0.717) is 67.4 Å². The molecule has 10 aromatic rings. The van der Waals surface area contributed by atoms with Crippen LogP contribution in [0.25, 0.3) is 55.7 Å². The van der Waals surface area contributed by atoms with Gasteiger partial charge < -0.3 is 39.4 Å². The van der Waals surface area contributed by atoms with Gasteiger partial charge >= 0.3 is 7.12 Å². The van der Waals surface area contributed by atoms with Crippen LogP contribution in [-0.2, 0) is 42.2 Å². The number of furan rings is 2. The third-order valence-corrected chi connectivity index (χ3v) is 21.6. The number of carbonyl (C=O) groups excluding carboxylic acids is 4. The highest BCUT2D eigenvalue weighted by atomic mass is 79.9. The molecule has 0 saturated carbocycles. The maximum atomic E-state index is 13.7. The number of anilines is 2. The van der Waals surface area contributed by atoms with Gasteiger partial charge in [-0.05, 0) is 139 Å². The smallest absolute Gasteiger partial charge is 0.455 e. The number of carbonyl (C=O) groups is 4. The van der Waals surface area contributed by atoms with E-state index < -0.39 is 61.8 Å². The Hall–Kier alpha value is -8.64. The molecule has 3 aliphatic heterocycles. The van der Waals surface area contributed by atoms with E-state index in [1.165, 1.54) is 87.7 Å². The highest BCUT2D eigenvalue weighted by molar-refractivity contribution is 9.10. The molecular formula is C66H62BBrF2N8O12S4. The van der Waals surface area contributed by atoms with Gasteiger partial charge in [0.25, 0.3) is 23.6 Å². The summed E-state index contributed by atoms with van der Waals surface area (Å²) in [6.07, 6.45) is 6.78. The monoisotopic (exact) mass is 1410 g/mol. The molecule has 9 heterocycles. The number of rotatable bonds is 12. The zero-order valence-electron chi connectivity index (χ0n) is 52.3. The molecular weight excluding hydrogens is 1350 g/mol. The van der Waals surface area contributed by atoms with Crippen LogP contribution in [0.4, 0.5) is 20.2 Å². The predicted octanol–water partition coefficient (Wildman–Crippen LogP) is 11.4. The molecule has 486 valence electrons. The molecule has 0 aliphatic carbocycles. The summed E-state index contributed by atoms with van der Waals surface area (Å²) in [7, 11) is -2.46. The second kappa shape index (κ2) is 25.9. The summed E-state index contributed by atoms with van der Waals surface area (Å²) in [5.41, 5.74) is 5.07. The van der Waals surface area contributed by atoms with E-state index in [9.17, 15) is 44.8 Å². The molecule has 0 spiro atoms. The number of fused-ring (bicyclic) bond motifs is 4. The van der Waals surface area contributed by atoms with Crippen LogP contribution in [0.3, 0.4) is 0 Å². The van der Waals surface area contributed by atoms with E-state index in [0.717, 1.165) is 42.6 Å². The third kappa shape index (κ3) is 13.3. The number of thiophene rings is 2.